The highest BCUT2D eigenvalue weighted by Gasteiger charge is 2.21. The monoisotopic (exact) mass is 197 g/mol. The Labute approximate surface area is 85.3 Å². The Kier molecular flexibility index (Phi) is 4.63. The van der Waals surface area contributed by atoms with E-state index in [4.69, 9.17) is 0 Å². The number of carbonyl (C=O) groups is 2. The van der Waals surface area contributed by atoms with Gasteiger partial charge in [-0.2, -0.15) is 0 Å². The van der Waals surface area contributed by atoms with E-state index in [1.807, 2.05) is 6.92 Å². The quantitative estimate of drug-likeness (QED) is 0.631. The number of amides is 1. The number of nitrogens with one attached hydrogen (secondary N) is 1. The number of unbranched alkanes of at least 4 members (excludes halogenated alkanes) is 1. The first-order valence-electron chi connectivity index (χ1n) is 5.50. The molecule has 0 radical (unpaired) electrons. The first-order valence-corrected chi connectivity index (χ1v) is 5.50. The highest BCUT2D eigenvalue weighted by molar-refractivity contribution is 5.97. The van der Waals surface area contributed by atoms with Crippen molar-refractivity contribution in [1.82, 2.24) is 5.32 Å². The molecular weight excluding hydrogens is 178 g/mol. The first-order chi connectivity index (χ1) is 6.72. The van der Waals surface area contributed by atoms with Gasteiger partial charge in [0.1, 0.15) is 5.78 Å². The van der Waals surface area contributed by atoms with Gasteiger partial charge in [-0.3, -0.25) is 9.59 Å². The van der Waals surface area contributed by atoms with Crippen LogP contribution >= 0.6 is 0 Å². The molecule has 1 N–H and O–H groups in total. The van der Waals surface area contributed by atoms with E-state index in [1.54, 1.807) is 0 Å². The molecule has 0 unspecified atom stereocenters. The van der Waals surface area contributed by atoms with Gasteiger partial charge in [0.25, 0.3) is 0 Å². The second kappa shape index (κ2) is 5.78. The van der Waals surface area contributed by atoms with E-state index < -0.39 is 0 Å². The van der Waals surface area contributed by atoms with Gasteiger partial charge in [0.05, 0.1) is 6.42 Å². The van der Waals surface area contributed by atoms with E-state index in [-0.39, 0.29) is 18.1 Å². The number of hydrogen-bond acceptors (Lipinski definition) is 2. The topological polar surface area (TPSA) is 46.2 Å². The lowest BCUT2D eigenvalue weighted by Crippen LogP contribution is -2.27. The lowest BCUT2D eigenvalue weighted by Gasteiger charge is -2.02. The molecule has 0 aromatic rings. The summed E-state index contributed by atoms with van der Waals surface area (Å²) in [5, 5.41) is 2.79. The molecule has 0 aromatic carbocycles. The van der Waals surface area contributed by atoms with Gasteiger partial charge in [-0.05, 0) is 25.2 Å². The van der Waals surface area contributed by atoms with Crippen molar-refractivity contribution in [1.29, 1.82) is 0 Å². The fraction of sp³-hybridized carbons (Fsp3) is 0.818. The molecule has 0 aliphatic heterocycles. The minimum Gasteiger partial charge on any atom is -0.355 e. The van der Waals surface area contributed by atoms with Gasteiger partial charge >= 0.3 is 0 Å². The molecule has 0 bridgehead atoms. The van der Waals surface area contributed by atoms with Crippen molar-refractivity contribution < 1.29 is 9.59 Å². The number of hydrogen-bond donors (Lipinski definition) is 1. The van der Waals surface area contributed by atoms with Crippen molar-refractivity contribution in [2.24, 2.45) is 5.92 Å². The molecule has 1 fully saturated rings. The van der Waals surface area contributed by atoms with E-state index in [0.717, 1.165) is 19.4 Å². The Morgan fingerprint density at radius 2 is 2.07 bits per heavy atom. The molecule has 1 aliphatic rings. The lowest BCUT2D eigenvalue weighted by atomic mass is 10.1. The summed E-state index contributed by atoms with van der Waals surface area (Å²) in [6.45, 7) is 2.81. The maximum absolute atomic E-state index is 11.2. The molecule has 80 valence electrons. The number of ketones is 1. The van der Waals surface area contributed by atoms with E-state index >= 15 is 0 Å². The summed E-state index contributed by atoms with van der Waals surface area (Å²) in [6.07, 6.45) is 4.98. The standard InChI is InChI=1S/C11H19NO2/c1-2-3-4-10(13)7-11(14)12-8-9-5-6-9/h9H,2-8H2,1H3,(H,12,14). The summed E-state index contributed by atoms with van der Waals surface area (Å²) < 4.78 is 0. The van der Waals surface area contributed by atoms with Crippen molar-refractivity contribution in [2.75, 3.05) is 6.54 Å². The Morgan fingerprint density at radius 1 is 1.36 bits per heavy atom. The van der Waals surface area contributed by atoms with Crippen LogP contribution in [0.4, 0.5) is 0 Å². The normalized spacial score (nSPS) is 15.2. The molecule has 0 atom stereocenters. The highest BCUT2D eigenvalue weighted by atomic mass is 16.2. The summed E-state index contributed by atoms with van der Waals surface area (Å²) in [4.78, 5) is 22.4. The first kappa shape index (κ1) is 11.2. The van der Waals surface area contributed by atoms with Gasteiger partial charge in [0, 0.05) is 13.0 Å². The molecule has 1 rings (SSSR count). The fourth-order valence-electron chi connectivity index (χ4n) is 1.28. The Hall–Kier alpha value is -0.860. The van der Waals surface area contributed by atoms with Crippen LogP contribution in [0.2, 0.25) is 0 Å². The molecule has 0 heterocycles. The van der Waals surface area contributed by atoms with Gasteiger partial charge in [-0.25, -0.2) is 0 Å². The molecule has 3 nitrogen and oxygen atoms in total. The van der Waals surface area contributed by atoms with Gasteiger partial charge in [-0.15, -0.1) is 0 Å². The fourth-order valence-corrected chi connectivity index (χ4v) is 1.28. The summed E-state index contributed by atoms with van der Waals surface area (Å²) in [5.41, 5.74) is 0. The van der Waals surface area contributed by atoms with Crippen LogP contribution in [-0.2, 0) is 9.59 Å². The maximum atomic E-state index is 11.2. The Balaban J connectivity index is 2.02. The van der Waals surface area contributed by atoms with Crippen LogP contribution in [0.25, 0.3) is 0 Å². The van der Waals surface area contributed by atoms with Crippen LogP contribution in [-0.4, -0.2) is 18.2 Å². The van der Waals surface area contributed by atoms with Crippen LogP contribution in [0, 0.1) is 5.92 Å². The molecule has 0 aromatic heterocycles. The summed E-state index contributed by atoms with van der Waals surface area (Å²) >= 11 is 0. The molecule has 1 amide bonds. The minimum atomic E-state index is -0.0991. The lowest BCUT2D eigenvalue weighted by molar-refractivity contribution is -0.128. The summed E-state index contributed by atoms with van der Waals surface area (Å²) in [5.74, 6) is 0.655. The van der Waals surface area contributed by atoms with Crippen molar-refractivity contribution in [3.05, 3.63) is 0 Å². The molecule has 1 saturated carbocycles. The van der Waals surface area contributed by atoms with Gasteiger partial charge in [-0.1, -0.05) is 13.3 Å². The molecule has 3 heteroatoms. The van der Waals surface area contributed by atoms with Gasteiger partial charge in [0.2, 0.25) is 5.91 Å². The maximum Gasteiger partial charge on any atom is 0.227 e. The third-order valence-corrected chi connectivity index (χ3v) is 2.45. The summed E-state index contributed by atoms with van der Waals surface area (Å²) in [7, 11) is 0. The van der Waals surface area contributed by atoms with Crippen LogP contribution in [0.3, 0.4) is 0 Å². The third-order valence-electron chi connectivity index (χ3n) is 2.45. The largest absolute Gasteiger partial charge is 0.355 e. The third kappa shape index (κ3) is 5.00. The second-order valence-electron chi connectivity index (χ2n) is 4.07. The predicted octanol–water partition coefficient (Wildman–Crippen LogP) is 1.66. The predicted molar refractivity (Wildman–Crippen MR) is 54.9 cm³/mol. The second-order valence-corrected chi connectivity index (χ2v) is 4.07. The van der Waals surface area contributed by atoms with E-state index in [0.29, 0.717) is 12.3 Å². The number of Topliss-reactive ketones (excluding diaryl/α,β-unsaturated/α-hetero) is 1. The zero-order valence-corrected chi connectivity index (χ0v) is 8.84. The van der Waals surface area contributed by atoms with Crippen molar-refractivity contribution in [3.8, 4) is 0 Å². The smallest absolute Gasteiger partial charge is 0.227 e. The van der Waals surface area contributed by atoms with Crippen LogP contribution in [0.1, 0.15) is 45.4 Å². The zero-order chi connectivity index (χ0) is 10.4. The average molecular weight is 197 g/mol. The van der Waals surface area contributed by atoms with Crippen molar-refractivity contribution in [2.45, 2.75) is 45.4 Å². The van der Waals surface area contributed by atoms with Crippen LogP contribution in [0.5, 0.6) is 0 Å². The van der Waals surface area contributed by atoms with Gasteiger partial charge < -0.3 is 5.32 Å². The molecule has 0 saturated heterocycles. The SMILES string of the molecule is CCCCC(=O)CC(=O)NCC1CC1. The van der Waals surface area contributed by atoms with E-state index in [1.165, 1.54) is 12.8 Å². The minimum absolute atomic E-state index is 0.0696. The van der Waals surface area contributed by atoms with E-state index in [2.05, 4.69) is 5.32 Å². The van der Waals surface area contributed by atoms with Crippen molar-refractivity contribution in [3.63, 3.8) is 0 Å². The average Bonchev–Trinajstić information content (AvgIpc) is 2.95. The Morgan fingerprint density at radius 3 is 2.64 bits per heavy atom. The van der Waals surface area contributed by atoms with Gasteiger partial charge in [0.15, 0.2) is 0 Å². The number of rotatable bonds is 7. The highest BCUT2D eigenvalue weighted by Crippen LogP contribution is 2.27. The van der Waals surface area contributed by atoms with Crippen LogP contribution < -0.4 is 5.32 Å². The Bertz CT molecular complexity index is 209. The van der Waals surface area contributed by atoms with Crippen LogP contribution in [0.15, 0.2) is 0 Å². The molecular formula is C11H19NO2. The molecule has 1 aliphatic carbocycles. The summed E-state index contributed by atoms with van der Waals surface area (Å²) in [6, 6.07) is 0. The zero-order valence-electron chi connectivity index (χ0n) is 8.84. The molecule has 0 spiro atoms. The number of carbonyl (C=O) groups excluding carboxylic acids is 2. The van der Waals surface area contributed by atoms with Crippen molar-refractivity contribution >= 4 is 11.7 Å². The van der Waals surface area contributed by atoms with E-state index in [9.17, 15) is 9.59 Å². The molecule has 14 heavy (non-hydrogen) atoms.